The van der Waals surface area contributed by atoms with Crippen molar-refractivity contribution in [1.29, 1.82) is 0 Å². The van der Waals surface area contributed by atoms with Gasteiger partial charge in [-0.1, -0.05) is 0 Å². The van der Waals surface area contributed by atoms with Gasteiger partial charge in [0.1, 0.15) is 5.69 Å². The van der Waals surface area contributed by atoms with Crippen molar-refractivity contribution in [3.8, 4) is 0 Å². The predicted octanol–water partition coefficient (Wildman–Crippen LogP) is 2.96. The molecule has 0 saturated heterocycles. The summed E-state index contributed by atoms with van der Waals surface area (Å²) in [7, 11) is 0. The van der Waals surface area contributed by atoms with Gasteiger partial charge in [-0.3, -0.25) is 0 Å². The Balaban J connectivity index is 3.05. The quantitative estimate of drug-likeness (QED) is 0.799. The molecule has 6 heteroatoms. The summed E-state index contributed by atoms with van der Waals surface area (Å²) in [5, 5.41) is 0. The third-order valence-electron chi connectivity index (χ3n) is 1.56. The number of hydrogen-bond donors (Lipinski definition) is 0. The molecule has 1 aromatic rings. The van der Waals surface area contributed by atoms with Gasteiger partial charge in [-0.25, -0.2) is 18.6 Å². The summed E-state index contributed by atoms with van der Waals surface area (Å²) in [6.07, 6.45) is -2.70. The van der Waals surface area contributed by atoms with Crippen molar-refractivity contribution in [1.82, 2.24) is 4.98 Å². The van der Waals surface area contributed by atoms with E-state index >= 15 is 0 Å². The second kappa shape index (κ2) is 5.16. The molecule has 0 aliphatic carbocycles. The Morgan fingerprint density at radius 2 is 2.27 bits per heavy atom. The highest BCUT2D eigenvalue weighted by atomic mass is 79.9. The second-order valence-corrected chi connectivity index (χ2v) is 3.44. The Labute approximate surface area is 93.6 Å². The fourth-order valence-electron chi connectivity index (χ4n) is 0.921. The van der Waals surface area contributed by atoms with Crippen LogP contribution in [0.3, 0.4) is 0 Å². The molecule has 0 fully saturated rings. The lowest BCUT2D eigenvalue weighted by atomic mass is 10.3. The first-order valence-electron chi connectivity index (χ1n) is 4.18. The molecular formula is C9H8BrF2NO2. The fraction of sp³-hybridized carbons (Fsp3) is 0.333. The third kappa shape index (κ3) is 2.95. The van der Waals surface area contributed by atoms with Crippen LogP contribution in [-0.2, 0) is 4.74 Å². The molecular weight excluding hydrogens is 272 g/mol. The smallest absolute Gasteiger partial charge is 0.358 e. The van der Waals surface area contributed by atoms with Crippen LogP contribution in [0.1, 0.15) is 29.5 Å². The molecule has 15 heavy (non-hydrogen) atoms. The lowest BCUT2D eigenvalue weighted by Crippen LogP contribution is -2.09. The number of ether oxygens (including phenoxy) is 1. The van der Waals surface area contributed by atoms with Gasteiger partial charge < -0.3 is 4.74 Å². The van der Waals surface area contributed by atoms with Crippen molar-refractivity contribution in [3.05, 3.63) is 28.0 Å². The topological polar surface area (TPSA) is 39.2 Å². The predicted molar refractivity (Wildman–Crippen MR) is 52.9 cm³/mol. The molecule has 0 saturated carbocycles. The van der Waals surface area contributed by atoms with Crippen LogP contribution in [0.15, 0.2) is 16.6 Å². The van der Waals surface area contributed by atoms with Gasteiger partial charge in [-0.2, -0.15) is 0 Å². The maximum atomic E-state index is 12.3. The van der Waals surface area contributed by atoms with Gasteiger partial charge in [0, 0.05) is 0 Å². The zero-order valence-electron chi connectivity index (χ0n) is 7.84. The van der Waals surface area contributed by atoms with Gasteiger partial charge in [0.2, 0.25) is 0 Å². The summed E-state index contributed by atoms with van der Waals surface area (Å²) in [6, 6.07) is 2.50. The second-order valence-electron chi connectivity index (χ2n) is 2.59. The number of carbonyl (C=O) groups is 1. The molecule has 1 rings (SSSR count). The van der Waals surface area contributed by atoms with Crippen LogP contribution in [-0.4, -0.2) is 17.6 Å². The number of aromatic nitrogens is 1. The van der Waals surface area contributed by atoms with E-state index in [1.165, 1.54) is 6.07 Å². The van der Waals surface area contributed by atoms with Gasteiger partial charge in [-0.05, 0) is 35.0 Å². The van der Waals surface area contributed by atoms with E-state index in [4.69, 9.17) is 0 Å². The molecule has 82 valence electrons. The van der Waals surface area contributed by atoms with E-state index < -0.39 is 18.1 Å². The highest BCUT2D eigenvalue weighted by molar-refractivity contribution is 9.10. The molecule has 0 amide bonds. The van der Waals surface area contributed by atoms with Crippen LogP contribution in [0, 0.1) is 0 Å². The minimum Gasteiger partial charge on any atom is -0.461 e. The standard InChI is InChI=1S/C9H8BrF2NO2/c1-2-15-9(14)7-5(10)3-4-6(13-7)8(11)12/h3-4,8H,2H2,1H3. The summed E-state index contributed by atoms with van der Waals surface area (Å²) in [6.45, 7) is 1.80. The summed E-state index contributed by atoms with van der Waals surface area (Å²) >= 11 is 3.04. The van der Waals surface area contributed by atoms with E-state index in [9.17, 15) is 13.6 Å². The minimum absolute atomic E-state index is 0.130. The lowest BCUT2D eigenvalue weighted by molar-refractivity contribution is 0.0516. The van der Waals surface area contributed by atoms with Crippen molar-refractivity contribution < 1.29 is 18.3 Å². The van der Waals surface area contributed by atoms with Crippen LogP contribution in [0.5, 0.6) is 0 Å². The average molecular weight is 280 g/mol. The van der Waals surface area contributed by atoms with Gasteiger partial charge in [0.05, 0.1) is 11.1 Å². The Morgan fingerprint density at radius 3 is 2.80 bits per heavy atom. The van der Waals surface area contributed by atoms with Crippen molar-refractivity contribution in [2.24, 2.45) is 0 Å². The van der Waals surface area contributed by atoms with E-state index in [0.717, 1.165) is 6.07 Å². The first kappa shape index (κ1) is 12.0. The monoisotopic (exact) mass is 279 g/mol. The van der Waals surface area contributed by atoms with Crippen LogP contribution >= 0.6 is 15.9 Å². The zero-order valence-corrected chi connectivity index (χ0v) is 9.42. The normalized spacial score (nSPS) is 10.5. The van der Waals surface area contributed by atoms with E-state index in [0.29, 0.717) is 4.47 Å². The van der Waals surface area contributed by atoms with Crippen LogP contribution in [0.2, 0.25) is 0 Å². The lowest BCUT2D eigenvalue weighted by Gasteiger charge is -2.05. The molecule has 3 nitrogen and oxygen atoms in total. The van der Waals surface area contributed by atoms with Gasteiger partial charge >= 0.3 is 5.97 Å². The minimum atomic E-state index is -2.70. The van der Waals surface area contributed by atoms with Crippen LogP contribution < -0.4 is 0 Å². The average Bonchev–Trinajstić information content (AvgIpc) is 2.18. The Kier molecular flexibility index (Phi) is 4.14. The van der Waals surface area contributed by atoms with Crippen molar-refractivity contribution >= 4 is 21.9 Å². The van der Waals surface area contributed by atoms with Crippen LogP contribution in [0.4, 0.5) is 8.78 Å². The number of halogens is 3. The maximum Gasteiger partial charge on any atom is 0.358 e. The number of pyridine rings is 1. The van der Waals surface area contributed by atoms with Crippen molar-refractivity contribution in [2.45, 2.75) is 13.3 Å². The largest absolute Gasteiger partial charge is 0.461 e. The van der Waals surface area contributed by atoms with E-state index in [2.05, 4.69) is 25.7 Å². The zero-order chi connectivity index (χ0) is 11.4. The first-order valence-corrected chi connectivity index (χ1v) is 4.97. The molecule has 0 atom stereocenters. The fourth-order valence-corrected chi connectivity index (χ4v) is 1.30. The molecule has 0 aliphatic heterocycles. The Bertz CT molecular complexity index is 371. The molecule has 0 radical (unpaired) electrons. The number of hydrogen-bond acceptors (Lipinski definition) is 3. The molecule has 1 heterocycles. The number of rotatable bonds is 3. The molecule has 0 N–H and O–H groups in total. The van der Waals surface area contributed by atoms with E-state index in [-0.39, 0.29) is 12.3 Å². The number of nitrogens with zero attached hydrogens (tertiary/aromatic N) is 1. The third-order valence-corrected chi connectivity index (χ3v) is 2.20. The summed E-state index contributed by atoms with van der Waals surface area (Å²) < 4.78 is 29.6. The maximum absolute atomic E-state index is 12.3. The van der Waals surface area contributed by atoms with E-state index in [1.54, 1.807) is 6.92 Å². The van der Waals surface area contributed by atoms with Crippen LogP contribution in [0.25, 0.3) is 0 Å². The number of carbonyl (C=O) groups excluding carboxylic acids is 1. The molecule has 0 aromatic carbocycles. The van der Waals surface area contributed by atoms with Crippen molar-refractivity contribution in [3.63, 3.8) is 0 Å². The number of alkyl halides is 2. The van der Waals surface area contributed by atoms with E-state index in [1.807, 2.05) is 0 Å². The molecule has 0 spiro atoms. The summed E-state index contributed by atoms with van der Waals surface area (Å²) in [5.74, 6) is -0.716. The first-order chi connectivity index (χ1) is 7.06. The summed E-state index contributed by atoms with van der Waals surface area (Å²) in [4.78, 5) is 14.8. The van der Waals surface area contributed by atoms with Crippen molar-refractivity contribution in [2.75, 3.05) is 6.61 Å². The van der Waals surface area contributed by atoms with Gasteiger partial charge in [-0.15, -0.1) is 0 Å². The SMILES string of the molecule is CCOC(=O)c1nc(C(F)F)ccc1Br. The Hall–Kier alpha value is -1.04. The highest BCUT2D eigenvalue weighted by Gasteiger charge is 2.17. The number of esters is 1. The molecule has 1 aromatic heterocycles. The van der Waals surface area contributed by atoms with Gasteiger partial charge in [0.15, 0.2) is 5.69 Å². The highest BCUT2D eigenvalue weighted by Crippen LogP contribution is 2.22. The van der Waals surface area contributed by atoms with Gasteiger partial charge in [0.25, 0.3) is 6.43 Å². The molecule has 0 unspecified atom stereocenters. The molecule has 0 bridgehead atoms. The summed E-state index contributed by atoms with van der Waals surface area (Å²) in [5.41, 5.74) is -0.573. The Morgan fingerprint density at radius 1 is 1.60 bits per heavy atom. The molecule has 0 aliphatic rings.